The van der Waals surface area contributed by atoms with Crippen molar-refractivity contribution in [2.45, 2.75) is 17.7 Å². The van der Waals surface area contributed by atoms with E-state index in [-0.39, 0.29) is 22.9 Å². The first kappa shape index (κ1) is 21.0. The molecule has 0 spiro atoms. The number of aromatic nitrogens is 1. The van der Waals surface area contributed by atoms with Gasteiger partial charge in [-0.1, -0.05) is 30.3 Å². The highest BCUT2D eigenvalue weighted by Crippen LogP contribution is 2.23. The van der Waals surface area contributed by atoms with Crippen molar-refractivity contribution in [2.24, 2.45) is 0 Å². The molecule has 1 heterocycles. The number of carbonyl (C=O) groups excluding carboxylic acids is 1. The van der Waals surface area contributed by atoms with E-state index in [1.54, 1.807) is 17.4 Å². The SMILES string of the molecule is O=C(CCc1nc2ccccc2s1)Nc1cccc(S(=O)(=O)Nc2ccccc2F)c1. The van der Waals surface area contributed by atoms with Gasteiger partial charge >= 0.3 is 0 Å². The summed E-state index contributed by atoms with van der Waals surface area (Å²) in [6.45, 7) is 0. The van der Waals surface area contributed by atoms with Gasteiger partial charge in [0.25, 0.3) is 10.0 Å². The fourth-order valence-corrected chi connectivity index (χ4v) is 5.04. The lowest BCUT2D eigenvalue weighted by atomic mass is 10.2. The van der Waals surface area contributed by atoms with E-state index in [4.69, 9.17) is 0 Å². The minimum atomic E-state index is -4.01. The van der Waals surface area contributed by atoms with E-state index in [1.165, 1.54) is 42.5 Å². The molecule has 0 fully saturated rings. The first-order valence-corrected chi connectivity index (χ1v) is 11.7. The molecule has 0 bridgehead atoms. The van der Waals surface area contributed by atoms with Crippen LogP contribution in [0.3, 0.4) is 0 Å². The maximum atomic E-state index is 13.8. The number of nitrogens with one attached hydrogen (secondary N) is 2. The number of hydrogen-bond donors (Lipinski definition) is 2. The van der Waals surface area contributed by atoms with Crippen molar-refractivity contribution in [3.63, 3.8) is 0 Å². The molecule has 6 nitrogen and oxygen atoms in total. The van der Waals surface area contributed by atoms with E-state index in [1.807, 2.05) is 24.3 Å². The van der Waals surface area contributed by atoms with Crippen molar-refractivity contribution in [3.8, 4) is 0 Å². The van der Waals surface area contributed by atoms with E-state index in [9.17, 15) is 17.6 Å². The monoisotopic (exact) mass is 455 g/mol. The molecular formula is C22H18FN3O3S2. The third-order valence-corrected chi connectivity index (χ3v) is 6.91. The van der Waals surface area contributed by atoms with Gasteiger partial charge < -0.3 is 5.32 Å². The number of sulfonamides is 1. The Bertz CT molecular complexity index is 1320. The average Bonchev–Trinajstić information content (AvgIpc) is 3.17. The van der Waals surface area contributed by atoms with Crippen molar-refractivity contribution in [1.82, 2.24) is 4.98 Å². The van der Waals surface area contributed by atoms with Crippen LogP contribution in [0.15, 0.2) is 77.7 Å². The molecule has 1 amide bonds. The Morgan fingerprint density at radius 1 is 1.00 bits per heavy atom. The third-order valence-electron chi connectivity index (χ3n) is 4.45. The number of fused-ring (bicyclic) bond motifs is 1. The Balaban J connectivity index is 1.41. The summed E-state index contributed by atoms with van der Waals surface area (Å²) in [7, 11) is -4.01. The van der Waals surface area contributed by atoms with Crippen LogP contribution in [0.1, 0.15) is 11.4 Å². The van der Waals surface area contributed by atoms with Gasteiger partial charge in [-0.05, 0) is 42.5 Å². The number of amides is 1. The molecule has 0 radical (unpaired) electrons. The second-order valence-corrected chi connectivity index (χ2v) is 9.53. The summed E-state index contributed by atoms with van der Waals surface area (Å²) in [5.41, 5.74) is 1.10. The highest BCUT2D eigenvalue weighted by atomic mass is 32.2. The van der Waals surface area contributed by atoms with E-state index < -0.39 is 15.8 Å². The quantitative estimate of drug-likeness (QED) is 0.419. The maximum Gasteiger partial charge on any atom is 0.262 e. The number of aryl methyl sites for hydroxylation is 1. The van der Waals surface area contributed by atoms with Gasteiger partial charge in [0, 0.05) is 18.5 Å². The number of carbonyl (C=O) groups is 1. The van der Waals surface area contributed by atoms with Crippen LogP contribution >= 0.6 is 11.3 Å². The molecule has 4 rings (SSSR count). The van der Waals surface area contributed by atoms with Crippen LogP contribution in [0.5, 0.6) is 0 Å². The van der Waals surface area contributed by atoms with Crippen molar-refractivity contribution in [1.29, 1.82) is 0 Å². The van der Waals surface area contributed by atoms with Crippen LogP contribution in [0, 0.1) is 5.82 Å². The molecule has 0 aliphatic carbocycles. The fourth-order valence-electron chi connectivity index (χ4n) is 2.96. The second kappa shape index (κ2) is 8.83. The van der Waals surface area contributed by atoms with Crippen LogP contribution in [0.25, 0.3) is 10.2 Å². The predicted octanol–water partition coefficient (Wildman–Crippen LogP) is 4.81. The summed E-state index contributed by atoms with van der Waals surface area (Å²) >= 11 is 1.54. The summed E-state index contributed by atoms with van der Waals surface area (Å²) in [6.07, 6.45) is 0.697. The molecule has 0 aliphatic heterocycles. The lowest BCUT2D eigenvalue weighted by Crippen LogP contribution is -2.15. The zero-order valence-corrected chi connectivity index (χ0v) is 17.8. The molecule has 0 atom stereocenters. The Morgan fingerprint density at radius 2 is 1.77 bits per heavy atom. The third kappa shape index (κ3) is 5.07. The molecule has 1 aromatic heterocycles. The number of hydrogen-bond acceptors (Lipinski definition) is 5. The van der Waals surface area contributed by atoms with Gasteiger partial charge in [-0.15, -0.1) is 11.3 Å². The molecule has 9 heteroatoms. The topological polar surface area (TPSA) is 88.2 Å². The number of benzene rings is 3. The fraction of sp³-hybridized carbons (Fsp3) is 0.0909. The summed E-state index contributed by atoms with van der Waals surface area (Å²) in [5.74, 6) is -0.929. The minimum Gasteiger partial charge on any atom is -0.326 e. The lowest BCUT2D eigenvalue weighted by molar-refractivity contribution is -0.116. The molecule has 158 valence electrons. The Morgan fingerprint density at radius 3 is 2.58 bits per heavy atom. The Hall–Kier alpha value is -3.30. The first-order valence-electron chi connectivity index (χ1n) is 9.42. The van der Waals surface area contributed by atoms with E-state index in [0.29, 0.717) is 12.1 Å². The highest BCUT2D eigenvalue weighted by Gasteiger charge is 2.17. The van der Waals surface area contributed by atoms with Crippen LogP contribution in [-0.2, 0) is 21.2 Å². The predicted molar refractivity (Wildman–Crippen MR) is 120 cm³/mol. The molecule has 31 heavy (non-hydrogen) atoms. The first-order chi connectivity index (χ1) is 14.9. The molecular weight excluding hydrogens is 437 g/mol. The van der Waals surface area contributed by atoms with Crippen LogP contribution in [-0.4, -0.2) is 19.3 Å². The zero-order valence-electron chi connectivity index (χ0n) is 16.2. The summed E-state index contributed by atoms with van der Waals surface area (Å²) < 4.78 is 42.3. The largest absolute Gasteiger partial charge is 0.326 e. The van der Waals surface area contributed by atoms with Gasteiger partial charge in [-0.25, -0.2) is 17.8 Å². The van der Waals surface area contributed by atoms with Crippen LogP contribution in [0.4, 0.5) is 15.8 Å². The molecule has 2 N–H and O–H groups in total. The van der Waals surface area contributed by atoms with Gasteiger partial charge in [-0.3, -0.25) is 9.52 Å². The summed E-state index contributed by atoms with van der Waals surface area (Å²) in [6, 6.07) is 19.1. The number of anilines is 2. The Kier molecular flexibility index (Phi) is 5.97. The summed E-state index contributed by atoms with van der Waals surface area (Å²) in [4.78, 5) is 16.8. The van der Waals surface area contributed by atoms with Gasteiger partial charge in [-0.2, -0.15) is 0 Å². The molecule has 0 aliphatic rings. The van der Waals surface area contributed by atoms with Crippen molar-refractivity contribution >= 4 is 48.9 Å². The molecule has 0 saturated carbocycles. The van der Waals surface area contributed by atoms with E-state index in [0.717, 1.165) is 15.2 Å². The van der Waals surface area contributed by atoms with Crippen molar-refractivity contribution in [2.75, 3.05) is 10.0 Å². The number of thiazole rings is 1. The molecule has 3 aromatic carbocycles. The normalized spacial score (nSPS) is 11.4. The number of rotatable bonds is 7. The van der Waals surface area contributed by atoms with Crippen molar-refractivity contribution in [3.05, 3.63) is 83.6 Å². The van der Waals surface area contributed by atoms with Gasteiger partial charge in [0.05, 0.1) is 25.8 Å². The van der Waals surface area contributed by atoms with Crippen LogP contribution in [0.2, 0.25) is 0 Å². The average molecular weight is 456 g/mol. The van der Waals surface area contributed by atoms with Crippen LogP contribution < -0.4 is 10.0 Å². The standard InChI is InChI=1S/C22H18FN3O3S2/c23-17-8-1-2-9-18(17)26-31(28,29)16-7-5-6-15(14-16)24-21(27)12-13-22-25-19-10-3-4-11-20(19)30-22/h1-11,14,26H,12-13H2,(H,24,27). The zero-order chi connectivity index (χ0) is 21.8. The Labute approximate surface area is 182 Å². The van der Waals surface area contributed by atoms with Crippen molar-refractivity contribution < 1.29 is 17.6 Å². The lowest BCUT2D eigenvalue weighted by Gasteiger charge is -2.10. The van der Waals surface area contributed by atoms with E-state index in [2.05, 4.69) is 15.0 Å². The molecule has 0 unspecified atom stereocenters. The van der Waals surface area contributed by atoms with E-state index >= 15 is 0 Å². The molecule has 4 aromatic rings. The maximum absolute atomic E-state index is 13.8. The number of nitrogens with zero attached hydrogens (tertiary/aromatic N) is 1. The second-order valence-electron chi connectivity index (χ2n) is 6.74. The van der Waals surface area contributed by atoms with Gasteiger partial charge in [0.15, 0.2) is 0 Å². The minimum absolute atomic E-state index is 0.0836. The van der Waals surface area contributed by atoms with Gasteiger partial charge in [0.2, 0.25) is 5.91 Å². The molecule has 0 saturated heterocycles. The van der Waals surface area contributed by atoms with Gasteiger partial charge in [0.1, 0.15) is 5.82 Å². The summed E-state index contributed by atoms with van der Waals surface area (Å²) in [5, 5.41) is 3.57. The number of para-hydroxylation sites is 2. The number of halogens is 1. The smallest absolute Gasteiger partial charge is 0.262 e. The highest BCUT2D eigenvalue weighted by molar-refractivity contribution is 7.92.